The van der Waals surface area contributed by atoms with Gasteiger partial charge in [0.15, 0.2) is 0 Å². The van der Waals surface area contributed by atoms with Gasteiger partial charge in [0, 0.05) is 5.92 Å². The summed E-state index contributed by atoms with van der Waals surface area (Å²) in [6, 6.07) is 8.44. The molecule has 0 amide bonds. The highest BCUT2D eigenvalue weighted by atomic mass is 15.4. The van der Waals surface area contributed by atoms with Crippen LogP contribution in [0.4, 0.5) is 0 Å². The van der Waals surface area contributed by atoms with Crippen LogP contribution in [0.2, 0.25) is 0 Å². The minimum absolute atomic E-state index is 0.597. The first kappa shape index (κ1) is 11.2. The fourth-order valence-electron chi connectivity index (χ4n) is 3.53. The third-order valence-corrected chi connectivity index (χ3v) is 4.93. The lowest BCUT2D eigenvalue weighted by Gasteiger charge is -2.26. The Balaban J connectivity index is 1.79. The smallest absolute Gasteiger partial charge is 0.148 e. The Bertz CT molecular complexity index is 637. The van der Waals surface area contributed by atoms with Gasteiger partial charge in [0.2, 0.25) is 0 Å². The van der Waals surface area contributed by atoms with E-state index in [2.05, 4.69) is 41.0 Å². The van der Waals surface area contributed by atoms with Crippen molar-refractivity contribution in [3.05, 3.63) is 41.5 Å². The van der Waals surface area contributed by atoms with Crippen molar-refractivity contribution in [2.75, 3.05) is 0 Å². The number of hydrogen-bond donors (Lipinski definition) is 0. The summed E-state index contributed by atoms with van der Waals surface area (Å²) in [7, 11) is 0. The van der Waals surface area contributed by atoms with Gasteiger partial charge < -0.3 is 0 Å². The van der Waals surface area contributed by atoms with E-state index in [9.17, 15) is 0 Å². The summed E-state index contributed by atoms with van der Waals surface area (Å²) in [5.74, 6) is 2.72. The molecule has 2 fully saturated rings. The van der Waals surface area contributed by atoms with Crippen LogP contribution in [0.5, 0.6) is 0 Å². The molecular weight excluding hydrogens is 234 g/mol. The lowest BCUT2D eigenvalue weighted by atomic mass is 9.79. The minimum atomic E-state index is 0.597. The molecule has 2 aliphatic carbocycles. The second-order valence-electron chi connectivity index (χ2n) is 6.19. The molecule has 0 bridgehead atoms. The maximum Gasteiger partial charge on any atom is 0.148 e. The van der Waals surface area contributed by atoms with E-state index in [-0.39, 0.29) is 0 Å². The molecule has 98 valence electrons. The van der Waals surface area contributed by atoms with Gasteiger partial charge in [-0.05, 0) is 50.2 Å². The Morgan fingerprint density at radius 2 is 2.00 bits per heavy atom. The number of benzene rings is 1. The van der Waals surface area contributed by atoms with Crippen molar-refractivity contribution in [1.82, 2.24) is 14.8 Å². The number of aromatic nitrogens is 3. The molecule has 1 aromatic heterocycles. The highest BCUT2D eigenvalue weighted by molar-refractivity contribution is 5.41. The molecule has 0 saturated heterocycles. The van der Waals surface area contributed by atoms with Crippen molar-refractivity contribution in [3.63, 3.8) is 0 Å². The van der Waals surface area contributed by atoms with Crippen LogP contribution < -0.4 is 0 Å². The lowest BCUT2D eigenvalue weighted by Crippen LogP contribution is -2.16. The molecule has 1 unspecified atom stereocenters. The standard InChI is InChI=1S/C16H19N3/c1-11-6-3-4-7-14(11)19-15(17-12(2)18-19)13-10-16(13)8-5-9-16/h3-4,6-7,13H,5,8-10H2,1-2H3. The van der Waals surface area contributed by atoms with E-state index in [4.69, 9.17) is 4.98 Å². The molecule has 2 saturated carbocycles. The molecule has 1 heterocycles. The first-order valence-corrected chi connectivity index (χ1v) is 7.19. The van der Waals surface area contributed by atoms with E-state index in [0.29, 0.717) is 11.3 Å². The van der Waals surface area contributed by atoms with Gasteiger partial charge in [-0.15, -0.1) is 0 Å². The number of para-hydroxylation sites is 1. The SMILES string of the molecule is Cc1nc(C2CC23CCC3)n(-c2ccccc2C)n1. The van der Waals surface area contributed by atoms with Crippen LogP contribution in [-0.2, 0) is 0 Å². The predicted molar refractivity (Wildman–Crippen MR) is 74.5 cm³/mol. The zero-order valence-corrected chi connectivity index (χ0v) is 11.6. The molecule has 3 heteroatoms. The summed E-state index contributed by atoms with van der Waals surface area (Å²) in [6.45, 7) is 4.14. The van der Waals surface area contributed by atoms with E-state index in [1.54, 1.807) is 0 Å². The van der Waals surface area contributed by atoms with Gasteiger partial charge in [-0.3, -0.25) is 0 Å². The largest absolute Gasteiger partial charge is 0.217 e. The van der Waals surface area contributed by atoms with Crippen LogP contribution in [0.15, 0.2) is 24.3 Å². The Morgan fingerprint density at radius 1 is 1.21 bits per heavy atom. The summed E-state index contributed by atoms with van der Waals surface area (Å²) >= 11 is 0. The summed E-state index contributed by atoms with van der Waals surface area (Å²) in [5, 5.41) is 4.63. The second-order valence-corrected chi connectivity index (χ2v) is 6.19. The molecular formula is C16H19N3. The van der Waals surface area contributed by atoms with Gasteiger partial charge in [-0.2, -0.15) is 5.10 Å². The average Bonchev–Trinajstić information content (AvgIpc) is 3.01. The number of hydrogen-bond acceptors (Lipinski definition) is 2. The molecule has 1 aromatic carbocycles. The molecule has 1 spiro atoms. The van der Waals surface area contributed by atoms with Crippen LogP contribution in [0.1, 0.15) is 48.8 Å². The molecule has 2 aromatic rings. The van der Waals surface area contributed by atoms with Crippen molar-refractivity contribution in [2.24, 2.45) is 5.41 Å². The van der Waals surface area contributed by atoms with Crippen molar-refractivity contribution in [3.8, 4) is 5.69 Å². The topological polar surface area (TPSA) is 30.7 Å². The first-order chi connectivity index (χ1) is 9.20. The average molecular weight is 253 g/mol. The molecule has 19 heavy (non-hydrogen) atoms. The quantitative estimate of drug-likeness (QED) is 0.819. The van der Waals surface area contributed by atoms with Gasteiger partial charge in [-0.1, -0.05) is 24.6 Å². The van der Waals surface area contributed by atoms with Gasteiger partial charge in [0.1, 0.15) is 11.6 Å². The van der Waals surface area contributed by atoms with Gasteiger partial charge in [0.25, 0.3) is 0 Å². The van der Waals surface area contributed by atoms with Gasteiger partial charge in [0.05, 0.1) is 5.69 Å². The van der Waals surface area contributed by atoms with Crippen LogP contribution in [0.25, 0.3) is 5.69 Å². The third-order valence-electron chi connectivity index (χ3n) is 4.93. The monoisotopic (exact) mass is 253 g/mol. The number of nitrogens with zero attached hydrogens (tertiary/aromatic N) is 3. The van der Waals surface area contributed by atoms with Crippen LogP contribution in [0, 0.1) is 19.3 Å². The Morgan fingerprint density at radius 3 is 2.63 bits per heavy atom. The van der Waals surface area contributed by atoms with E-state index in [0.717, 1.165) is 5.82 Å². The minimum Gasteiger partial charge on any atom is -0.217 e. The van der Waals surface area contributed by atoms with E-state index in [1.807, 2.05) is 6.92 Å². The molecule has 3 nitrogen and oxygen atoms in total. The number of aryl methyl sites for hydroxylation is 2. The maximum atomic E-state index is 4.72. The molecule has 0 radical (unpaired) electrons. The summed E-state index contributed by atoms with van der Waals surface area (Å²) < 4.78 is 2.09. The Labute approximate surface area is 113 Å². The second kappa shape index (κ2) is 3.69. The zero-order chi connectivity index (χ0) is 13.0. The zero-order valence-electron chi connectivity index (χ0n) is 11.6. The Hall–Kier alpha value is -1.64. The van der Waals surface area contributed by atoms with Crippen molar-refractivity contribution in [1.29, 1.82) is 0 Å². The first-order valence-electron chi connectivity index (χ1n) is 7.19. The lowest BCUT2D eigenvalue weighted by molar-refractivity contribution is 0.274. The van der Waals surface area contributed by atoms with Crippen LogP contribution >= 0.6 is 0 Å². The van der Waals surface area contributed by atoms with Crippen LogP contribution in [0.3, 0.4) is 0 Å². The maximum absolute atomic E-state index is 4.72. The Kier molecular flexibility index (Phi) is 2.17. The molecule has 0 aliphatic heterocycles. The van der Waals surface area contributed by atoms with Gasteiger partial charge in [-0.25, -0.2) is 9.67 Å². The fraction of sp³-hybridized carbons (Fsp3) is 0.500. The third kappa shape index (κ3) is 1.57. The van der Waals surface area contributed by atoms with E-state index >= 15 is 0 Å². The van der Waals surface area contributed by atoms with Crippen molar-refractivity contribution < 1.29 is 0 Å². The molecule has 0 N–H and O–H groups in total. The number of rotatable bonds is 2. The van der Waals surface area contributed by atoms with Gasteiger partial charge >= 0.3 is 0 Å². The summed E-state index contributed by atoms with van der Waals surface area (Å²) in [4.78, 5) is 4.72. The van der Waals surface area contributed by atoms with E-state index in [1.165, 1.54) is 42.8 Å². The molecule has 4 rings (SSSR count). The fourth-order valence-corrected chi connectivity index (χ4v) is 3.53. The molecule has 1 atom stereocenters. The van der Waals surface area contributed by atoms with Crippen molar-refractivity contribution in [2.45, 2.75) is 45.4 Å². The van der Waals surface area contributed by atoms with E-state index < -0.39 is 0 Å². The molecule has 2 aliphatic rings. The predicted octanol–water partition coefficient (Wildman–Crippen LogP) is 3.54. The summed E-state index contributed by atoms with van der Waals surface area (Å²) in [5.41, 5.74) is 3.04. The normalized spacial score (nSPS) is 23.4. The highest BCUT2D eigenvalue weighted by Crippen LogP contribution is 2.69. The highest BCUT2D eigenvalue weighted by Gasteiger charge is 2.60. The van der Waals surface area contributed by atoms with Crippen LogP contribution in [-0.4, -0.2) is 14.8 Å². The summed E-state index contributed by atoms with van der Waals surface area (Å²) in [6.07, 6.45) is 5.49. The van der Waals surface area contributed by atoms with Crippen molar-refractivity contribution >= 4 is 0 Å².